The van der Waals surface area contributed by atoms with E-state index >= 15 is 0 Å². The summed E-state index contributed by atoms with van der Waals surface area (Å²) < 4.78 is 40.9. The SMILES string of the molecule is CN1Cc2c(Cl)cc(Cl)cc2C(c2cccc(-n3cc(C(N)=O)c(C(F)(F)F)n3)c2)C1. The number of fused-ring (bicyclic) bond motifs is 1. The Hall–Kier alpha value is -2.55. The van der Waals surface area contributed by atoms with Gasteiger partial charge in [0.25, 0.3) is 5.91 Å². The van der Waals surface area contributed by atoms with Gasteiger partial charge < -0.3 is 10.6 Å². The van der Waals surface area contributed by atoms with Gasteiger partial charge in [0.1, 0.15) is 0 Å². The fourth-order valence-electron chi connectivity index (χ4n) is 3.91. The molecule has 2 heterocycles. The Balaban J connectivity index is 1.80. The number of amides is 1. The van der Waals surface area contributed by atoms with Gasteiger partial charge in [0.2, 0.25) is 0 Å². The van der Waals surface area contributed by atoms with Crippen LogP contribution in [0, 0.1) is 0 Å². The van der Waals surface area contributed by atoms with Crippen LogP contribution < -0.4 is 5.73 Å². The van der Waals surface area contributed by atoms with E-state index in [-0.39, 0.29) is 5.92 Å². The predicted octanol–water partition coefficient (Wildman–Crippen LogP) is 4.87. The van der Waals surface area contributed by atoms with Crippen LogP contribution in [-0.4, -0.2) is 34.2 Å². The van der Waals surface area contributed by atoms with E-state index in [0.717, 1.165) is 27.6 Å². The van der Waals surface area contributed by atoms with Gasteiger partial charge in [0.05, 0.1) is 11.3 Å². The van der Waals surface area contributed by atoms with Crippen molar-refractivity contribution >= 4 is 29.1 Å². The minimum Gasteiger partial charge on any atom is -0.365 e. The van der Waals surface area contributed by atoms with Crippen LogP contribution >= 0.6 is 23.2 Å². The zero-order valence-corrected chi connectivity index (χ0v) is 17.8. The Labute approximate surface area is 186 Å². The second-order valence-corrected chi connectivity index (χ2v) is 8.34. The Bertz CT molecular complexity index is 1180. The van der Waals surface area contributed by atoms with Crippen LogP contribution in [0.15, 0.2) is 42.6 Å². The molecule has 1 atom stereocenters. The van der Waals surface area contributed by atoms with E-state index in [2.05, 4.69) is 10.00 Å². The number of aromatic nitrogens is 2. The number of nitrogens with two attached hydrogens (primary N) is 1. The van der Waals surface area contributed by atoms with Crippen LogP contribution in [0.4, 0.5) is 13.2 Å². The summed E-state index contributed by atoms with van der Waals surface area (Å²) >= 11 is 12.6. The summed E-state index contributed by atoms with van der Waals surface area (Å²) in [4.78, 5) is 13.6. The molecule has 2 N–H and O–H groups in total. The van der Waals surface area contributed by atoms with Gasteiger partial charge in [-0.25, -0.2) is 4.68 Å². The lowest BCUT2D eigenvalue weighted by molar-refractivity contribution is -0.141. The second-order valence-electron chi connectivity index (χ2n) is 7.50. The van der Waals surface area contributed by atoms with E-state index in [9.17, 15) is 18.0 Å². The molecule has 10 heteroatoms. The van der Waals surface area contributed by atoms with Crippen molar-refractivity contribution in [2.45, 2.75) is 18.6 Å². The molecule has 1 aromatic heterocycles. The molecule has 0 saturated carbocycles. The molecule has 0 aliphatic carbocycles. The van der Waals surface area contributed by atoms with Gasteiger partial charge in [-0.2, -0.15) is 18.3 Å². The normalized spacial score (nSPS) is 16.9. The monoisotopic (exact) mass is 468 g/mol. The first-order chi connectivity index (χ1) is 14.5. The number of nitrogens with zero attached hydrogens (tertiary/aromatic N) is 3. The number of rotatable bonds is 3. The van der Waals surface area contributed by atoms with Gasteiger partial charge in [0.15, 0.2) is 5.69 Å². The topological polar surface area (TPSA) is 64.2 Å². The Morgan fingerprint density at radius 1 is 1.23 bits per heavy atom. The van der Waals surface area contributed by atoms with Crippen molar-refractivity contribution in [1.29, 1.82) is 0 Å². The molecule has 2 aromatic carbocycles. The van der Waals surface area contributed by atoms with E-state index in [4.69, 9.17) is 28.9 Å². The lowest BCUT2D eigenvalue weighted by Gasteiger charge is -2.33. The van der Waals surface area contributed by atoms with Crippen LogP contribution in [0.5, 0.6) is 0 Å². The van der Waals surface area contributed by atoms with Crippen molar-refractivity contribution < 1.29 is 18.0 Å². The Kier molecular flexibility index (Phi) is 5.49. The summed E-state index contributed by atoms with van der Waals surface area (Å²) in [5, 5.41) is 4.67. The maximum absolute atomic E-state index is 13.3. The summed E-state index contributed by atoms with van der Waals surface area (Å²) in [6, 6.07) is 10.5. The van der Waals surface area contributed by atoms with Gasteiger partial charge in [-0.1, -0.05) is 35.3 Å². The highest BCUT2D eigenvalue weighted by molar-refractivity contribution is 6.35. The summed E-state index contributed by atoms with van der Waals surface area (Å²) in [5.41, 5.74) is 6.29. The first kappa shape index (κ1) is 21.7. The number of hydrogen-bond acceptors (Lipinski definition) is 3. The summed E-state index contributed by atoms with van der Waals surface area (Å²) in [6.07, 6.45) is -3.80. The van der Waals surface area contributed by atoms with Crippen LogP contribution in [0.3, 0.4) is 0 Å². The predicted molar refractivity (Wildman–Crippen MR) is 112 cm³/mol. The molecule has 1 aliphatic heterocycles. The molecular formula is C21H17Cl2F3N4O. The number of primary amides is 1. The van der Waals surface area contributed by atoms with Crippen LogP contribution in [-0.2, 0) is 12.7 Å². The standard InChI is InChI=1S/C21H17Cl2F3N4O/c1-29-8-15(14-6-12(22)7-18(23)16(14)9-29)11-3-2-4-13(5-11)30-10-17(20(27)31)19(28-30)21(24,25)26/h2-7,10,15H,8-9H2,1H3,(H2,27,31). The lowest BCUT2D eigenvalue weighted by Crippen LogP contribution is -2.31. The van der Waals surface area contributed by atoms with Crippen LogP contribution in [0.2, 0.25) is 10.0 Å². The van der Waals surface area contributed by atoms with Gasteiger partial charge in [-0.05, 0) is 48.0 Å². The molecule has 0 bridgehead atoms. The van der Waals surface area contributed by atoms with Crippen LogP contribution in [0.25, 0.3) is 5.69 Å². The van der Waals surface area contributed by atoms with E-state index in [0.29, 0.717) is 28.8 Å². The highest BCUT2D eigenvalue weighted by Crippen LogP contribution is 2.39. The first-order valence-corrected chi connectivity index (χ1v) is 10.0. The molecule has 3 aromatic rings. The quantitative estimate of drug-likeness (QED) is 0.595. The third-order valence-corrected chi connectivity index (χ3v) is 5.83. The molecule has 4 rings (SSSR count). The second kappa shape index (κ2) is 7.85. The first-order valence-electron chi connectivity index (χ1n) is 9.28. The van der Waals surface area contributed by atoms with Crippen molar-refractivity contribution in [3.05, 3.63) is 80.6 Å². The average Bonchev–Trinajstić information content (AvgIpc) is 3.15. The minimum atomic E-state index is -4.80. The lowest BCUT2D eigenvalue weighted by atomic mass is 9.84. The number of alkyl halides is 3. The third-order valence-electron chi connectivity index (χ3n) is 5.28. The van der Waals surface area contributed by atoms with Crippen molar-refractivity contribution in [1.82, 2.24) is 14.7 Å². The van der Waals surface area contributed by atoms with Gasteiger partial charge in [-0.15, -0.1) is 0 Å². The van der Waals surface area contributed by atoms with Crippen molar-refractivity contribution in [3.63, 3.8) is 0 Å². The maximum atomic E-state index is 13.3. The fraction of sp³-hybridized carbons (Fsp3) is 0.238. The van der Waals surface area contributed by atoms with Gasteiger partial charge in [-0.3, -0.25) is 4.79 Å². The highest BCUT2D eigenvalue weighted by Gasteiger charge is 2.39. The molecule has 5 nitrogen and oxygen atoms in total. The number of benzene rings is 2. The molecular weight excluding hydrogens is 452 g/mol. The number of likely N-dealkylation sites (N-methyl/N-ethyl adjacent to an activating group) is 1. The molecule has 1 amide bonds. The number of carbonyl (C=O) groups is 1. The van der Waals surface area contributed by atoms with E-state index in [1.165, 1.54) is 0 Å². The smallest absolute Gasteiger partial charge is 0.365 e. The molecule has 1 unspecified atom stereocenters. The van der Waals surface area contributed by atoms with Crippen LogP contribution in [0.1, 0.15) is 38.7 Å². The molecule has 0 spiro atoms. The zero-order chi connectivity index (χ0) is 22.5. The summed E-state index contributed by atoms with van der Waals surface area (Å²) in [6.45, 7) is 1.34. The van der Waals surface area contributed by atoms with E-state index in [1.807, 2.05) is 19.2 Å². The molecule has 0 fully saturated rings. The molecule has 1 aliphatic rings. The Morgan fingerprint density at radius 3 is 2.61 bits per heavy atom. The van der Waals surface area contributed by atoms with Crippen molar-refractivity contribution in [2.24, 2.45) is 5.73 Å². The third kappa shape index (κ3) is 4.15. The molecule has 31 heavy (non-hydrogen) atoms. The number of carbonyl (C=O) groups excluding carboxylic acids is 1. The minimum absolute atomic E-state index is 0.0989. The van der Waals surface area contributed by atoms with Crippen molar-refractivity contribution in [3.8, 4) is 5.69 Å². The van der Waals surface area contributed by atoms with Gasteiger partial charge >= 0.3 is 6.18 Å². The molecule has 0 saturated heterocycles. The van der Waals surface area contributed by atoms with Gasteiger partial charge in [0, 0.05) is 35.2 Å². The number of hydrogen-bond donors (Lipinski definition) is 1. The number of halogens is 5. The average molecular weight is 469 g/mol. The largest absolute Gasteiger partial charge is 0.435 e. The summed E-state index contributed by atoms with van der Waals surface area (Å²) in [5.74, 6) is -1.29. The zero-order valence-electron chi connectivity index (χ0n) is 16.3. The van der Waals surface area contributed by atoms with E-state index in [1.54, 1.807) is 24.3 Å². The maximum Gasteiger partial charge on any atom is 0.435 e. The van der Waals surface area contributed by atoms with Crippen molar-refractivity contribution in [2.75, 3.05) is 13.6 Å². The fourth-order valence-corrected chi connectivity index (χ4v) is 4.48. The molecule has 162 valence electrons. The van der Waals surface area contributed by atoms with E-state index < -0.39 is 23.3 Å². The summed E-state index contributed by atoms with van der Waals surface area (Å²) in [7, 11) is 1.97. The molecule has 0 radical (unpaired) electrons. The highest BCUT2D eigenvalue weighted by atomic mass is 35.5. The Morgan fingerprint density at radius 2 is 1.97 bits per heavy atom.